The molecule has 19 heteroatoms. The van der Waals surface area contributed by atoms with E-state index in [1.54, 1.807) is 0 Å². The van der Waals surface area contributed by atoms with Crippen molar-refractivity contribution >= 4 is 39.5 Å². The number of unbranched alkanes of at least 4 members (excludes halogenated alkanes) is 32. The molecule has 578 valence electrons. The summed E-state index contributed by atoms with van der Waals surface area (Å²) in [6, 6.07) is 0. The molecule has 0 saturated heterocycles. The summed E-state index contributed by atoms with van der Waals surface area (Å²) in [6.45, 7) is 4.67. The van der Waals surface area contributed by atoms with Gasteiger partial charge in [0, 0.05) is 25.7 Å². The highest BCUT2D eigenvalue weighted by atomic mass is 31.2. The molecule has 0 spiro atoms. The van der Waals surface area contributed by atoms with E-state index in [9.17, 15) is 43.2 Å². The fourth-order valence-corrected chi connectivity index (χ4v) is 12.2. The quantitative estimate of drug-likeness (QED) is 0.0169. The van der Waals surface area contributed by atoms with Crippen molar-refractivity contribution in [3.63, 3.8) is 0 Å². The first kappa shape index (κ1) is 96.0. The summed E-state index contributed by atoms with van der Waals surface area (Å²) in [5, 5.41) is 10.6. The Morgan fingerprint density at radius 3 is 0.880 bits per heavy atom. The molecule has 0 aliphatic rings. The summed E-state index contributed by atoms with van der Waals surface area (Å²) < 4.78 is 68.5. The van der Waals surface area contributed by atoms with E-state index in [0.29, 0.717) is 32.1 Å². The molecule has 0 rings (SSSR count). The standard InChI is InChI=1S/C81H142O17P2/c1-5-9-13-17-21-25-29-33-35-36-37-38-40-44-48-52-56-60-64-68-81(86)98-77(72-92-79(84)66-62-58-54-50-46-42-32-28-24-20-16-12-8-4)74-96-100(89,90)94-70-75(82)69-93-99(87,88)95-73-76(71-91-78(83)65-61-57-53-49-45-41-31-27-23-19-15-11-7-3)97-80(85)67-63-59-55-51-47-43-39-34-30-26-22-18-14-10-6-2/h9,13,21-22,25-26,33-35,37-39,44,48,56,60,75-77,82H,5-8,10-12,14-20,23-24,27-32,36,40-43,45-47,49-55,57-59,61-74H2,1-4H3,(H,87,88)(H,89,90)/b13-9-,25-21-,26-22-,35-33-,38-37-,39-34-,48-44-,60-56-/t75-,76+,77+/m0/s1. The normalized spacial score (nSPS) is 14.4. The number of rotatable bonds is 74. The number of esters is 4. The zero-order valence-electron chi connectivity index (χ0n) is 63.1. The summed E-state index contributed by atoms with van der Waals surface area (Å²) >= 11 is 0. The highest BCUT2D eigenvalue weighted by molar-refractivity contribution is 7.47. The minimum absolute atomic E-state index is 0.0285. The van der Waals surface area contributed by atoms with E-state index in [1.807, 2.05) is 18.2 Å². The van der Waals surface area contributed by atoms with Gasteiger partial charge in [0.05, 0.1) is 26.4 Å². The molecule has 0 fully saturated rings. The van der Waals surface area contributed by atoms with Crippen LogP contribution in [-0.2, 0) is 65.4 Å². The van der Waals surface area contributed by atoms with E-state index in [4.69, 9.17) is 37.0 Å². The monoisotopic (exact) mass is 1450 g/mol. The predicted molar refractivity (Wildman–Crippen MR) is 409 cm³/mol. The number of phosphoric acid groups is 2. The van der Waals surface area contributed by atoms with Crippen molar-refractivity contribution in [2.75, 3.05) is 39.6 Å². The van der Waals surface area contributed by atoms with Crippen molar-refractivity contribution in [1.82, 2.24) is 0 Å². The number of ether oxygens (including phenoxy) is 4. The molecule has 100 heavy (non-hydrogen) atoms. The second-order valence-corrected chi connectivity index (χ2v) is 29.2. The van der Waals surface area contributed by atoms with E-state index in [2.05, 4.69) is 107 Å². The Kier molecular flexibility index (Phi) is 70.4. The number of aliphatic hydroxyl groups is 1. The van der Waals surface area contributed by atoms with Gasteiger partial charge in [0.15, 0.2) is 12.2 Å². The molecule has 0 heterocycles. The highest BCUT2D eigenvalue weighted by Gasteiger charge is 2.30. The number of hydrogen-bond donors (Lipinski definition) is 3. The molecule has 0 bridgehead atoms. The Bertz CT molecular complexity index is 2270. The molecule has 0 aliphatic carbocycles. The van der Waals surface area contributed by atoms with Gasteiger partial charge in [0.2, 0.25) is 0 Å². The number of aliphatic hydroxyl groups excluding tert-OH is 1. The van der Waals surface area contributed by atoms with Crippen molar-refractivity contribution in [2.45, 2.75) is 354 Å². The Morgan fingerprint density at radius 1 is 0.290 bits per heavy atom. The van der Waals surface area contributed by atoms with E-state index in [0.717, 1.165) is 116 Å². The van der Waals surface area contributed by atoms with Gasteiger partial charge >= 0.3 is 39.5 Å². The van der Waals surface area contributed by atoms with Gasteiger partial charge < -0.3 is 33.8 Å². The summed E-state index contributed by atoms with van der Waals surface area (Å²) in [5.74, 6) is -2.27. The number of allylic oxidation sites excluding steroid dienone is 16. The number of carbonyl (C=O) groups is 4. The van der Waals surface area contributed by atoms with Crippen LogP contribution in [0.1, 0.15) is 336 Å². The van der Waals surface area contributed by atoms with Gasteiger partial charge in [-0.15, -0.1) is 0 Å². The SMILES string of the molecule is CC/C=C\C/C=C\C/C=C\C/C=C\C/C=C\C/C=C\CCC(=O)O[C@H](COC(=O)CCCCCCCCCCCCCCC)COP(=O)(O)OC[C@@H](O)COP(=O)(O)OC[C@@H](COC(=O)CCCCCCCCCCCCCCC)OC(=O)CCCCCCC/C=C\C/C=C\CCCCC. The smallest absolute Gasteiger partial charge is 0.462 e. The van der Waals surface area contributed by atoms with Gasteiger partial charge in [0.1, 0.15) is 19.3 Å². The first-order valence-electron chi connectivity index (χ1n) is 39.5. The van der Waals surface area contributed by atoms with Gasteiger partial charge in [0.25, 0.3) is 0 Å². The molecule has 5 atom stereocenters. The van der Waals surface area contributed by atoms with Crippen LogP contribution in [0.15, 0.2) is 97.2 Å². The van der Waals surface area contributed by atoms with E-state index >= 15 is 0 Å². The molecule has 0 aromatic rings. The molecule has 0 aromatic carbocycles. The van der Waals surface area contributed by atoms with Crippen molar-refractivity contribution in [1.29, 1.82) is 0 Å². The second kappa shape index (κ2) is 73.3. The third-order valence-corrected chi connectivity index (χ3v) is 18.5. The topological polar surface area (TPSA) is 237 Å². The van der Waals surface area contributed by atoms with Gasteiger partial charge in [-0.3, -0.25) is 37.3 Å². The van der Waals surface area contributed by atoms with E-state index in [1.165, 1.54) is 135 Å². The molecule has 3 N–H and O–H groups in total. The Balaban J connectivity index is 5.41. The third-order valence-electron chi connectivity index (χ3n) is 16.6. The molecule has 0 aliphatic heterocycles. The summed E-state index contributed by atoms with van der Waals surface area (Å²) in [7, 11) is -9.97. The van der Waals surface area contributed by atoms with Crippen LogP contribution >= 0.6 is 15.6 Å². The lowest BCUT2D eigenvalue weighted by molar-refractivity contribution is -0.161. The number of carbonyl (C=O) groups excluding carboxylic acids is 4. The average Bonchev–Trinajstić information content (AvgIpc) is 1.01. The predicted octanol–water partition coefficient (Wildman–Crippen LogP) is 22.8. The summed E-state index contributed by atoms with van der Waals surface area (Å²) in [5.41, 5.74) is 0. The molecule has 0 amide bonds. The van der Waals surface area contributed by atoms with Crippen LogP contribution in [0.4, 0.5) is 0 Å². The minimum atomic E-state index is -4.99. The van der Waals surface area contributed by atoms with Crippen LogP contribution in [0.25, 0.3) is 0 Å². The van der Waals surface area contributed by atoms with Gasteiger partial charge in [-0.25, -0.2) is 9.13 Å². The van der Waals surface area contributed by atoms with Gasteiger partial charge in [-0.1, -0.05) is 311 Å². The molecular weight excluding hydrogens is 1310 g/mol. The fourth-order valence-electron chi connectivity index (χ4n) is 10.6. The molecule has 2 unspecified atom stereocenters. The average molecular weight is 1450 g/mol. The number of hydrogen-bond acceptors (Lipinski definition) is 15. The summed E-state index contributed by atoms with van der Waals surface area (Å²) in [4.78, 5) is 72.9. The van der Waals surface area contributed by atoms with Crippen LogP contribution in [0.5, 0.6) is 0 Å². The van der Waals surface area contributed by atoms with Crippen molar-refractivity contribution < 1.29 is 80.2 Å². The Labute approximate surface area is 607 Å². The lowest BCUT2D eigenvalue weighted by Crippen LogP contribution is -2.30. The maximum atomic E-state index is 13.1. The molecule has 17 nitrogen and oxygen atoms in total. The largest absolute Gasteiger partial charge is 0.472 e. The van der Waals surface area contributed by atoms with E-state index < -0.39 is 97.5 Å². The summed E-state index contributed by atoms with van der Waals surface area (Å²) in [6.07, 6.45) is 76.9. The molecule has 0 aromatic heterocycles. The maximum Gasteiger partial charge on any atom is 0.472 e. The second-order valence-electron chi connectivity index (χ2n) is 26.3. The number of phosphoric ester groups is 2. The molecular formula is C81H142O17P2. The zero-order valence-corrected chi connectivity index (χ0v) is 64.9. The molecule has 0 radical (unpaired) electrons. The lowest BCUT2D eigenvalue weighted by Gasteiger charge is -2.21. The first-order valence-corrected chi connectivity index (χ1v) is 42.5. The van der Waals surface area contributed by atoms with Crippen molar-refractivity contribution in [2.24, 2.45) is 0 Å². The van der Waals surface area contributed by atoms with Crippen molar-refractivity contribution in [3.05, 3.63) is 97.2 Å². The van der Waals surface area contributed by atoms with Crippen LogP contribution < -0.4 is 0 Å². The van der Waals surface area contributed by atoms with Crippen LogP contribution in [0.3, 0.4) is 0 Å². The van der Waals surface area contributed by atoms with Crippen molar-refractivity contribution in [3.8, 4) is 0 Å². The highest BCUT2D eigenvalue weighted by Crippen LogP contribution is 2.45. The van der Waals surface area contributed by atoms with Crippen LogP contribution in [0, 0.1) is 0 Å². The fraction of sp³-hybridized carbons (Fsp3) is 0.753. The third kappa shape index (κ3) is 72.3. The Hall–Kier alpha value is -4.02. The van der Waals surface area contributed by atoms with E-state index in [-0.39, 0.29) is 25.7 Å². The first-order chi connectivity index (χ1) is 48.7. The maximum absolute atomic E-state index is 13.1. The Morgan fingerprint density at radius 2 is 0.540 bits per heavy atom. The lowest BCUT2D eigenvalue weighted by atomic mass is 10.0. The minimum Gasteiger partial charge on any atom is -0.462 e. The van der Waals surface area contributed by atoms with Gasteiger partial charge in [-0.05, 0) is 96.3 Å². The molecule has 0 saturated carbocycles. The zero-order chi connectivity index (χ0) is 73.2. The van der Waals surface area contributed by atoms with Gasteiger partial charge in [-0.2, -0.15) is 0 Å². The van der Waals surface area contributed by atoms with Crippen LogP contribution in [-0.4, -0.2) is 96.7 Å². The van der Waals surface area contributed by atoms with Crippen LogP contribution in [0.2, 0.25) is 0 Å².